The Balaban J connectivity index is 2.10. The molecule has 1 aliphatic rings. The highest BCUT2D eigenvalue weighted by Gasteiger charge is 2.32. The van der Waals surface area contributed by atoms with E-state index in [0.29, 0.717) is 5.54 Å². The number of allylic oxidation sites excluding steroid dienone is 4. The van der Waals surface area contributed by atoms with E-state index in [2.05, 4.69) is 37.4 Å². The summed E-state index contributed by atoms with van der Waals surface area (Å²) >= 11 is 0. The van der Waals surface area contributed by atoms with Gasteiger partial charge in [0.05, 0.1) is 0 Å². The van der Waals surface area contributed by atoms with Crippen LogP contribution in [0.1, 0.15) is 0 Å². The van der Waals surface area contributed by atoms with Gasteiger partial charge < -0.3 is 4.43 Å². The van der Waals surface area contributed by atoms with E-state index in [9.17, 15) is 0 Å². The molecule has 0 N–H and O–H groups in total. The first kappa shape index (κ1) is 10.2. The van der Waals surface area contributed by atoms with Gasteiger partial charge in [0.2, 0.25) is 0 Å². The second kappa shape index (κ2) is 4.07. The van der Waals surface area contributed by atoms with Gasteiger partial charge >= 0.3 is 0 Å². The molecule has 0 spiro atoms. The van der Waals surface area contributed by atoms with Gasteiger partial charge in [-0.25, -0.2) is 0 Å². The average Bonchev–Trinajstić information content (AvgIpc) is 2.71. The van der Waals surface area contributed by atoms with Crippen LogP contribution >= 0.6 is 0 Å². The molecule has 0 amide bonds. The Morgan fingerprint density at radius 2 is 1.60 bits per heavy atom. The van der Waals surface area contributed by atoms with Gasteiger partial charge in [0.1, 0.15) is 5.75 Å². The van der Waals surface area contributed by atoms with Crippen molar-refractivity contribution in [1.82, 2.24) is 0 Å². The zero-order chi connectivity index (χ0) is 10.7. The molecular weight excluding hydrogens is 200 g/mol. The highest BCUT2D eigenvalue weighted by molar-refractivity contribution is 6.74. The Bertz CT molecular complexity index is 367. The lowest BCUT2D eigenvalue weighted by atomic mass is 10.3. The SMILES string of the molecule is C[Si](C)(Oc1ccccc1)C1C=CC=C1. The lowest BCUT2D eigenvalue weighted by molar-refractivity contribution is 0.545. The quantitative estimate of drug-likeness (QED) is 0.699. The van der Waals surface area contributed by atoms with Gasteiger partial charge in [0.25, 0.3) is 8.32 Å². The molecule has 0 aliphatic heterocycles. The molecule has 0 heterocycles. The van der Waals surface area contributed by atoms with Crippen LogP contribution in [0.3, 0.4) is 0 Å². The zero-order valence-corrected chi connectivity index (χ0v) is 10.2. The second-order valence-corrected chi connectivity index (χ2v) is 8.39. The van der Waals surface area contributed by atoms with Gasteiger partial charge in [-0.1, -0.05) is 42.5 Å². The maximum atomic E-state index is 6.12. The van der Waals surface area contributed by atoms with Crippen molar-refractivity contribution in [2.75, 3.05) is 0 Å². The van der Waals surface area contributed by atoms with Crippen molar-refractivity contribution in [3.63, 3.8) is 0 Å². The van der Waals surface area contributed by atoms with Crippen molar-refractivity contribution < 1.29 is 4.43 Å². The van der Waals surface area contributed by atoms with Gasteiger partial charge in [0.15, 0.2) is 0 Å². The first-order valence-electron chi connectivity index (χ1n) is 5.27. The Morgan fingerprint density at radius 1 is 1.00 bits per heavy atom. The molecule has 1 aromatic carbocycles. The van der Waals surface area contributed by atoms with E-state index in [1.165, 1.54) is 0 Å². The molecule has 1 aliphatic carbocycles. The highest BCUT2D eigenvalue weighted by atomic mass is 28.4. The molecule has 78 valence electrons. The Labute approximate surface area is 92.2 Å². The summed E-state index contributed by atoms with van der Waals surface area (Å²) in [5.41, 5.74) is 0.498. The molecule has 2 rings (SSSR count). The minimum atomic E-state index is -1.68. The molecule has 0 saturated heterocycles. The van der Waals surface area contributed by atoms with Crippen LogP contribution in [0.5, 0.6) is 5.75 Å². The molecule has 0 aromatic heterocycles. The van der Waals surface area contributed by atoms with Crippen molar-refractivity contribution >= 4 is 8.32 Å². The third-order valence-corrected chi connectivity index (χ3v) is 5.43. The summed E-state index contributed by atoms with van der Waals surface area (Å²) in [4.78, 5) is 0. The lowest BCUT2D eigenvalue weighted by Crippen LogP contribution is -2.38. The Kier molecular flexibility index (Phi) is 2.78. The van der Waals surface area contributed by atoms with Crippen molar-refractivity contribution in [3.05, 3.63) is 54.6 Å². The van der Waals surface area contributed by atoms with Crippen molar-refractivity contribution in [1.29, 1.82) is 0 Å². The normalized spacial score (nSPS) is 15.9. The monoisotopic (exact) mass is 216 g/mol. The van der Waals surface area contributed by atoms with Crippen LogP contribution < -0.4 is 4.43 Å². The molecule has 0 radical (unpaired) electrons. The van der Waals surface area contributed by atoms with Crippen LogP contribution in [0, 0.1) is 0 Å². The first-order chi connectivity index (χ1) is 7.18. The van der Waals surface area contributed by atoms with Crippen LogP contribution in [0.4, 0.5) is 0 Å². The lowest BCUT2D eigenvalue weighted by Gasteiger charge is -2.28. The Morgan fingerprint density at radius 3 is 2.20 bits per heavy atom. The molecule has 0 fully saturated rings. The number of hydrogen-bond acceptors (Lipinski definition) is 1. The summed E-state index contributed by atoms with van der Waals surface area (Å²) in [7, 11) is -1.68. The third-order valence-electron chi connectivity index (χ3n) is 2.67. The van der Waals surface area contributed by atoms with Crippen LogP contribution in [0.15, 0.2) is 54.6 Å². The predicted octanol–water partition coefficient (Wildman–Crippen LogP) is 3.77. The standard InChI is InChI=1S/C13H16OSi/c1-15(2,13-10-6-7-11-13)14-12-8-4-3-5-9-12/h3-11,13H,1-2H3. The summed E-state index contributed by atoms with van der Waals surface area (Å²) in [6, 6.07) is 10.1. The number of benzene rings is 1. The first-order valence-corrected chi connectivity index (χ1v) is 8.26. The predicted molar refractivity (Wildman–Crippen MR) is 66.6 cm³/mol. The van der Waals surface area contributed by atoms with Crippen molar-refractivity contribution in [2.45, 2.75) is 18.6 Å². The number of para-hydroxylation sites is 1. The summed E-state index contributed by atoms with van der Waals surface area (Å²) < 4.78 is 6.12. The maximum Gasteiger partial charge on any atom is 0.255 e. The Hall–Kier alpha value is -1.28. The fourth-order valence-electron chi connectivity index (χ4n) is 1.76. The van der Waals surface area contributed by atoms with Crippen LogP contribution in [-0.4, -0.2) is 8.32 Å². The molecule has 0 atom stereocenters. The maximum absolute atomic E-state index is 6.12. The van der Waals surface area contributed by atoms with Gasteiger partial charge in [-0.3, -0.25) is 0 Å². The van der Waals surface area contributed by atoms with E-state index in [-0.39, 0.29) is 0 Å². The van der Waals surface area contributed by atoms with Crippen LogP contribution in [0.25, 0.3) is 0 Å². The fourth-order valence-corrected chi connectivity index (χ4v) is 3.78. The summed E-state index contributed by atoms with van der Waals surface area (Å²) in [6.45, 7) is 4.51. The van der Waals surface area contributed by atoms with E-state index in [1.54, 1.807) is 0 Å². The molecule has 2 heteroatoms. The minimum absolute atomic E-state index is 0.498. The van der Waals surface area contributed by atoms with Gasteiger partial charge in [-0.15, -0.1) is 0 Å². The van der Waals surface area contributed by atoms with Crippen LogP contribution in [-0.2, 0) is 0 Å². The van der Waals surface area contributed by atoms with E-state index >= 15 is 0 Å². The summed E-state index contributed by atoms with van der Waals surface area (Å²) in [5.74, 6) is 0.989. The summed E-state index contributed by atoms with van der Waals surface area (Å²) in [6.07, 6.45) is 8.67. The molecule has 1 nitrogen and oxygen atoms in total. The largest absolute Gasteiger partial charge is 0.543 e. The van der Waals surface area contributed by atoms with Crippen LogP contribution in [0.2, 0.25) is 18.6 Å². The highest BCUT2D eigenvalue weighted by Crippen LogP contribution is 2.30. The fraction of sp³-hybridized carbons (Fsp3) is 0.231. The van der Waals surface area contributed by atoms with Gasteiger partial charge in [-0.05, 0) is 25.2 Å². The molecular formula is C13H16OSi. The topological polar surface area (TPSA) is 9.23 Å². The molecule has 0 bridgehead atoms. The van der Waals surface area contributed by atoms with Gasteiger partial charge in [0, 0.05) is 5.54 Å². The van der Waals surface area contributed by atoms with E-state index in [0.717, 1.165) is 5.75 Å². The smallest absolute Gasteiger partial charge is 0.255 e. The van der Waals surface area contributed by atoms with E-state index in [4.69, 9.17) is 4.43 Å². The average molecular weight is 216 g/mol. The van der Waals surface area contributed by atoms with Crippen molar-refractivity contribution in [2.24, 2.45) is 0 Å². The second-order valence-electron chi connectivity index (χ2n) is 4.31. The molecule has 15 heavy (non-hydrogen) atoms. The van der Waals surface area contributed by atoms with E-state index < -0.39 is 8.32 Å². The molecule has 0 saturated carbocycles. The molecule has 0 unspecified atom stereocenters. The number of rotatable bonds is 3. The van der Waals surface area contributed by atoms with Gasteiger partial charge in [-0.2, -0.15) is 0 Å². The minimum Gasteiger partial charge on any atom is -0.543 e. The third kappa shape index (κ3) is 2.39. The zero-order valence-electron chi connectivity index (χ0n) is 9.18. The summed E-state index contributed by atoms with van der Waals surface area (Å²) in [5, 5.41) is 0. The molecule has 1 aromatic rings. The number of hydrogen-bond donors (Lipinski definition) is 0. The van der Waals surface area contributed by atoms with E-state index in [1.807, 2.05) is 30.3 Å². The van der Waals surface area contributed by atoms with Crippen molar-refractivity contribution in [3.8, 4) is 5.75 Å².